The lowest BCUT2D eigenvalue weighted by Crippen LogP contribution is -2.18. The van der Waals surface area contributed by atoms with Crippen LogP contribution in [0.5, 0.6) is 0 Å². The summed E-state index contributed by atoms with van der Waals surface area (Å²) >= 11 is 1.81. The number of thiazole rings is 1. The quantitative estimate of drug-likeness (QED) is 0.913. The van der Waals surface area contributed by atoms with Gasteiger partial charge in [-0.25, -0.2) is 4.98 Å². The normalized spacial score (nSPS) is 12.7. The van der Waals surface area contributed by atoms with E-state index < -0.39 is 0 Å². The maximum Gasteiger partial charge on any atom is 0.115 e. The first kappa shape index (κ1) is 14.2. The fourth-order valence-corrected chi connectivity index (χ4v) is 3.60. The van der Waals surface area contributed by atoms with E-state index in [2.05, 4.69) is 51.2 Å². The Hall–Kier alpha value is -1.19. The number of hydrogen-bond acceptors (Lipinski definition) is 3. The van der Waals surface area contributed by atoms with E-state index in [1.807, 2.05) is 7.05 Å². The molecule has 3 heteroatoms. The molecule has 0 aliphatic rings. The molecule has 2 aromatic rings. The molecule has 1 aromatic heterocycles. The summed E-state index contributed by atoms with van der Waals surface area (Å²) in [4.78, 5) is 6.13. The number of nitrogens with one attached hydrogen (secondary N) is 1. The highest BCUT2D eigenvalue weighted by Gasteiger charge is 2.19. The van der Waals surface area contributed by atoms with Gasteiger partial charge in [-0.2, -0.15) is 0 Å². The van der Waals surface area contributed by atoms with Crippen molar-refractivity contribution in [1.82, 2.24) is 10.3 Å². The molecule has 2 rings (SSSR count). The molecule has 0 bridgehead atoms. The fraction of sp³-hybridized carbons (Fsp3) is 0.438. The molecule has 1 unspecified atom stereocenters. The molecule has 0 fully saturated rings. The van der Waals surface area contributed by atoms with Gasteiger partial charge in [0, 0.05) is 4.88 Å². The predicted octanol–water partition coefficient (Wildman–Crippen LogP) is 3.94. The summed E-state index contributed by atoms with van der Waals surface area (Å²) < 4.78 is 0. The summed E-state index contributed by atoms with van der Waals surface area (Å²) in [6.45, 7) is 8.63. The molecule has 1 aromatic carbocycles. The molecule has 0 radical (unpaired) electrons. The second-order valence-corrected chi connectivity index (χ2v) is 6.23. The van der Waals surface area contributed by atoms with Gasteiger partial charge in [-0.1, -0.05) is 30.7 Å². The molecule has 1 atom stereocenters. The molecule has 102 valence electrons. The highest BCUT2D eigenvalue weighted by atomic mass is 32.1. The number of aromatic nitrogens is 1. The van der Waals surface area contributed by atoms with Crippen molar-refractivity contribution < 1.29 is 0 Å². The van der Waals surface area contributed by atoms with Crippen LogP contribution in [0.2, 0.25) is 0 Å². The third kappa shape index (κ3) is 2.88. The van der Waals surface area contributed by atoms with Crippen molar-refractivity contribution in [2.75, 3.05) is 7.05 Å². The molecule has 19 heavy (non-hydrogen) atoms. The molecule has 0 aliphatic heterocycles. The van der Waals surface area contributed by atoms with Crippen LogP contribution in [0.4, 0.5) is 0 Å². The standard InChI is InChI=1S/C16H22N2S/c1-6-14-12(4)19-16(18-14)15(17-5)13-8-7-10(2)9-11(13)3/h7-9,15,17H,6H2,1-5H3. The van der Waals surface area contributed by atoms with Crippen molar-refractivity contribution >= 4 is 11.3 Å². The molecule has 2 nitrogen and oxygen atoms in total. The van der Waals surface area contributed by atoms with E-state index in [1.165, 1.54) is 32.3 Å². The van der Waals surface area contributed by atoms with E-state index in [1.54, 1.807) is 11.3 Å². The predicted molar refractivity (Wildman–Crippen MR) is 83.0 cm³/mol. The zero-order valence-corrected chi connectivity index (χ0v) is 13.2. The lowest BCUT2D eigenvalue weighted by Gasteiger charge is -2.17. The summed E-state index contributed by atoms with van der Waals surface area (Å²) in [5.41, 5.74) is 5.18. The molecule has 0 saturated carbocycles. The van der Waals surface area contributed by atoms with E-state index in [0.29, 0.717) is 0 Å². The molecule has 1 N–H and O–H groups in total. The fourth-order valence-electron chi connectivity index (χ4n) is 2.46. The van der Waals surface area contributed by atoms with E-state index in [0.717, 1.165) is 6.42 Å². The number of nitrogens with zero attached hydrogens (tertiary/aromatic N) is 1. The minimum atomic E-state index is 0.199. The zero-order valence-electron chi connectivity index (χ0n) is 12.4. The zero-order chi connectivity index (χ0) is 14.0. The van der Waals surface area contributed by atoms with Gasteiger partial charge in [-0.05, 0) is 45.4 Å². The molecule has 0 saturated heterocycles. The average Bonchev–Trinajstić information content (AvgIpc) is 2.74. The minimum absolute atomic E-state index is 0.199. The largest absolute Gasteiger partial charge is 0.307 e. The van der Waals surface area contributed by atoms with Crippen LogP contribution >= 0.6 is 11.3 Å². The summed E-state index contributed by atoms with van der Waals surface area (Å²) in [7, 11) is 2.01. The van der Waals surface area contributed by atoms with Crippen molar-refractivity contribution in [1.29, 1.82) is 0 Å². The van der Waals surface area contributed by atoms with E-state index in [9.17, 15) is 0 Å². The minimum Gasteiger partial charge on any atom is -0.307 e. The second-order valence-electron chi connectivity index (χ2n) is 4.99. The summed E-state index contributed by atoms with van der Waals surface area (Å²) in [6, 6.07) is 6.83. The van der Waals surface area contributed by atoms with Crippen molar-refractivity contribution in [2.24, 2.45) is 0 Å². The number of aryl methyl sites for hydroxylation is 4. The van der Waals surface area contributed by atoms with Crippen molar-refractivity contribution in [2.45, 2.75) is 40.2 Å². The van der Waals surface area contributed by atoms with Gasteiger partial charge in [0.25, 0.3) is 0 Å². The van der Waals surface area contributed by atoms with Crippen LogP contribution in [-0.2, 0) is 6.42 Å². The molecular weight excluding hydrogens is 252 g/mol. The van der Waals surface area contributed by atoms with E-state index in [4.69, 9.17) is 4.98 Å². The van der Waals surface area contributed by atoms with Crippen LogP contribution in [0.1, 0.15) is 45.2 Å². The van der Waals surface area contributed by atoms with Crippen molar-refractivity contribution in [3.8, 4) is 0 Å². The number of hydrogen-bond donors (Lipinski definition) is 1. The summed E-state index contributed by atoms with van der Waals surface area (Å²) in [5.74, 6) is 0. The third-order valence-electron chi connectivity index (χ3n) is 3.52. The van der Waals surface area contributed by atoms with Gasteiger partial charge in [0.2, 0.25) is 0 Å². The monoisotopic (exact) mass is 274 g/mol. The smallest absolute Gasteiger partial charge is 0.115 e. The van der Waals surface area contributed by atoms with Gasteiger partial charge in [0.05, 0.1) is 11.7 Å². The van der Waals surface area contributed by atoms with Gasteiger partial charge >= 0.3 is 0 Å². The highest BCUT2D eigenvalue weighted by Crippen LogP contribution is 2.30. The maximum absolute atomic E-state index is 4.80. The van der Waals surface area contributed by atoms with E-state index >= 15 is 0 Å². The second kappa shape index (κ2) is 5.85. The van der Waals surface area contributed by atoms with Gasteiger partial charge < -0.3 is 5.32 Å². The van der Waals surface area contributed by atoms with Crippen LogP contribution < -0.4 is 5.32 Å². The number of benzene rings is 1. The van der Waals surface area contributed by atoms with Crippen molar-refractivity contribution in [3.63, 3.8) is 0 Å². The molecule has 0 amide bonds. The Morgan fingerprint density at radius 1 is 1.26 bits per heavy atom. The molecular formula is C16H22N2S. The lowest BCUT2D eigenvalue weighted by atomic mass is 9.99. The van der Waals surface area contributed by atoms with Crippen LogP contribution in [0.15, 0.2) is 18.2 Å². The van der Waals surface area contributed by atoms with Crippen molar-refractivity contribution in [3.05, 3.63) is 50.5 Å². The molecule has 1 heterocycles. The Morgan fingerprint density at radius 3 is 2.53 bits per heavy atom. The lowest BCUT2D eigenvalue weighted by molar-refractivity contribution is 0.679. The SMILES string of the molecule is CCc1nc(C(NC)c2ccc(C)cc2C)sc1C. The van der Waals surface area contributed by atoms with E-state index in [-0.39, 0.29) is 6.04 Å². The van der Waals surface area contributed by atoms with Gasteiger partial charge in [0.1, 0.15) is 5.01 Å². The van der Waals surface area contributed by atoms with Gasteiger partial charge in [-0.3, -0.25) is 0 Å². The van der Waals surface area contributed by atoms with Crippen LogP contribution in [0.3, 0.4) is 0 Å². The summed E-state index contributed by atoms with van der Waals surface area (Å²) in [5, 5.41) is 4.58. The van der Waals surface area contributed by atoms with Gasteiger partial charge in [-0.15, -0.1) is 11.3 Å². The first-order chi connectivity index (χ1) is 9.06. The Bertz CT molecular complexity index is 572. The highest BCUT2D eigenvalue weighted by molar-refractivity contribution is 7.11. The third-order valence-corrected chi connectivity index (χ3v) is 4.59. The molecule has 0 spiro atoms. The topological polar surface area (TPSA) is 24.9 Å². The Balaban J connectivity index is 2.43. The Labute approximate surface area is 119 Å². The van der Waals surface area contributed by atoms with Gasteiger partial charge in [0.15, 0.2) is 0 Å². The first-order valence-corrected chi connectivity index (χ1v) is 7.59. The Kier molecular flexibility index (Phi) is 4.38. The van der Waals surface area contributed by atoms with Crippen LogP contribution in [0.25, 0.3) is 0 Å². The maximum atomic E-state index is 4.80. The first-order valence-electron chi connectivity index (χ1n) is 6.77. The number of rotatable bonds is 4. The Morgan fingerprint density at radius 2 is 2.00 bits per heavy atom. The van der Waals surface area contributed by atoms with Crippen LogP contribution in [-0.4, -0.2) is 12.0 Å². The molecule has 0 aliphatic carbocycles. The summed E-state index contributed by atoms with van der Waals surface area (Å²) in [6.07, 6.45) is 1.01. The average molecular weight is 274 g/mol. The van der Waals surface area contributed by atoms with Crippen LogP contribution in [0, 0.1) is 20.8 Å².